The number of ether oxygens (including phenoxy) is 1. The van der Waals surface area contributed by atoms with Crippen molar-refractivity contribution in [2.45, 2.75) is 25.3 Å². The summed E-state index contributed by atoms with van der Waals surface area (Å²) < 4.78 is 39.1. The standard InChI is InChI=1S/C21H23N3O6S/c1-14-3-6-18-17(11-14)24(21(26)30-18)13-20(25)22-16-5-4-15(2)19(12-16)31(27,28)23-7-9-29-10-8-23/h3-6,11-12H,7-10,13H2,1-2H3,(H,22,25). The Morgan fingerprint density at radius 2 is 1.84 bits per heavy atom. The minimum Gasteiger partial charge on any atom is -0.408 e. The van der Waals surface area contributed by atoms with Gasteiger partial charge in [0.1, 0.15) is 6.54 Å². The van der Waals surface area contributed by atoms with Crippen LogP contribution in [0.5, 0.6) is 0 Å². The second-order valence-electron chi connectivity index (χ2n) is 7.47. The maximum atomic E-state index is 13.0. The van der Waals surface area contributed by atoms with E-state index in [-0.39, 0.29) is 24.5 Å². The van der Waals surface area contributed by atoms with Crippen LogP contribution in [0.3, 0.4) is 0 Å². The second-order valence-corrected chi connectivity index (χ2v) is 9.38. The van der Waals surface area contributed by atoms with Crippen molar-refractivity contribution in [1.82, 2.24) is 8.87 Å². The van der Waals surface area contributed by atoms with Crippen molar-refractivity contribution in [2.75, 3.05) is 31.6 Å². The average molecular weight is 445 g/mol. The van der Waals surface area contributed by atoms with Gasteiger partial charge in [0.05, 0.1) is 23.6 Å². The number of nitrogens with zero attached hydrogens (tertiary/aromatic N) is 2. The summed E-state index contributed by atoms with van der Waals surface area (Å²) in [6.45, 7) is 4.60. The first-order chi connectivity index (χ1) is 14.8. The summed E-state index contributed by atoms with van der Waals surface area (Å²) in [5.41, 5.74) is 2.77. The van der Waals surface area contributed by atoms with Crippen molar-refractivity contribution < 1.29 is 22.4 Å². The summed E-state index contributed by atoms with van der Waals surface area (Å²) in [4.78, 5) is 24.9. The minimum absolute atomic E-state index is 0.133. The maximum absolute atomic E-state index is 13.0. The molecule has 0 radical (unpaired) electrons. The lowest BCUT2D eigenvalue weighted by Crippen LogP contribution is -2.40. The molecule has 1 aliphatic heterocycles. The number of carbonyl (C=O) groups excluding carboxylic acids is 1. The van der Waals surface area contributed by atoms with Crippen molar-refractivity contribution in [2.24, 2.45) is 0 Å². The number of hydrogen-bond acceptors (Lipinski definition) is 6. The van der Waals surface area contributed by atoms with Gasteiger partial charge in [-0.25, -0.2) is 13.2 Å². The van der Waals surface area contributed by atoms with E-state index in [0.717, 1.165) is 5.56 Å². The monoisotopic (exact) mass is 445 g/mol. The number of morpholine rings is 1. The zero-order valence-electron chi connectivity index (χ0n) is 17.3. The van der Waals surface area contributed by atoms with Crippen LogP contribution in [0.15, 0.2) is 50.5 Å². The van der Waals surface area contributed by atoms with Crippen LogP contribution in [-0.4, -0.2) is 49.5 Å². The third-order valence-corrected chi connectivity index (χ3v) is 7.23. The van der Waals surface area contributed by atoms with Crippen LogP contribution >= 0.6 is 0 Å². The number of nitrogens with one attached hydrogen (secondary N) is 1. The Morgan fingerprint density at radius 1 is 1.10 bits per heavy atom. The lowest BCUT2D eigenvalue weighted by atomic mass is 10.2. The van der Waals surface area contributed by atoms with Crippen LogP contribution < -0.4 is 11.1 Å². The number of anilines is 1. The number of benzene rings is 2. The van der Waals surface area contributed by atoms with E-state index in [1.54, 1.807) is 31.2 Å². The highest BCUT2D eigenvalue weighted by Gasteiger charge is 2.28. The number of amides is 1. The molecule has 0 aliphatic carbocycles. The maximum Gasteiger partial charge on any atom is 0.420 e. The molecule has 4 rings (SSSR count). The third kappa shape index (κ3) is 4.27. The molecule has 10 heteroatoms. The molecule has 9 nitrogen and oxygen atoms in total. The van der Waals surface area contributed by atoms with Crippen molar-refractivity contribution in [3.05, 3.63) is 58.1 Å². The highest BCUT2D eigenvalue weighted by Crippen LogP contribution is 2.24. The minimum atomic E-state index is -3.71. The fourth-order valence-electron chi connectivity index (χ4n) is 3.55. The van der Waals surface area contributed by atoms with E-state index in [1.807, 2.05) is 13.0 Å². The fourth-order valence-corrected chi connectivity index (χ4v) is 5.21. The molecule has 1 saturated heterocycles. The smallest absolute Gasteiger partial charge is 0.408 e. The largest absolute Gasteiger partial charge is 0.420 e. The summed E-state index contributed by atoms with van der Waals surface area (Å²) in [5, 5.41) is 2.68. The molecule has 0 atom stereocenters. The van der Waals surface area contributed by atoms with E-state index in [9.17, 15) is 18.0 Å². The molecular formula is C21H23N3O6S. The molecule has 2 aromatic carbocycles. The number of carbonyl (C=O) groups is 1. The number of rotatable bonds is 5. The Balaban J connectivity index is 1.57. The first-order valence-electron chi connectivity index (χ1n) is 9.84. The number of hydrogen-bond donors (Lipinski definition) is 1. The van der Waals surface area contributed by atoms with E-state index >= 15 is 0 Å². The molecule has 1 amide bonds. The van der Waals surface area contributed by atoms with Crippen molar-refractivity contribution in [3.8, 4) is 0 Å². The zero-order valence-corrected chi connectivity index (χ0v) is 18.1. The summed E-state index contributed by atoms with van der Waals surface area (Å²) in [5.74, 6) is -1.10. The van der Waals surface area contributed by atoms with E-state index in [1.165, 1.54) is 14.9 Å². The fraction of sp³-hybridized carbons (Fsp3) is 0.333. The second kappa shape index (κ2) is 8.29. The van der Waals surface area contributed by atoms with Gasteiger partial charge in [-0.1, -0.05) is 12.1 Å². The van der Waals surface area contributed by atoms with Gasteiger partial charge < -0.3 is 14.5 Å². The number of aryl methyl sites for hydroxylation is 2. The molecule has 1 fully saturated rings. The molecule has 0 bridgehead atoms. The van der Waals surface area contributed by atoms with Gasteiger partial charge in [0, 0.05) is 18.8 Å². The highest BCUT2D eigenvalue weighted by atomic mass is 32.2. The van der Waals surface area contributed by atoms with Gasteiger partial charge in [-0.2, -0.15) is 4.31 Å². The molecular weight excluding hydrogens is 422 g/mol. The molecule has 0 unspecified atom stereocenters. The van der Waals surface area contributed by atoms with Gasteiger partial charge in [-0.15, -0.1) is 0 Å². The normalized spacial score (nSPS) is 15.3. The van der Waals surface area contributed by atoms with Gasteiger partial charge in [-0.3, -0.25) is 9.36 Å². The SMILES string of the molecule is Cc1ccc2oc(=O)n(CC(=O)Nc3ccc(C)c(S(=O)(=O)N4CCOCC4)c3)c2c1. The predicted molar refractivity (Wildman–Crippen MR) is 115 cm³/mol. The first-order valence-corrected chi connectivity index (χ1v) is 11.3. The summed E-state index contributed by atoms with van der Waals surface area (Å²) in [7, 11) is -3.71. The third-order valence-electron chi connectivity index (χ3n) is 5.18. The summed E-state index contributed by atoms with van der Waals surface area (Å²) in [6.07, 6.45) is 0. The van der Waals surface area contributed by atoms with Gasteiger partial charge in [0.25, 0.3) is 0 Å². The molecule has 0 saturated carbocycles. The lowest BCUT2D eigenvalue weighted by molar-refractivity contribution is -0.116. The van der Waals surface area contributed by atoms with Gasteiger partial charge in [0.2, 0.25) is 15.9 Å². The highest BCUT2D eigenvalue weighted by molar-refractivity contribution is 7.89. The number of oxazole rings is 1. The zero-order chi connectivity index (χ0) is 22.2. The van der Waals surface area contributed by atoms with E-state index in [2.05, 4.69) is 5.32 Å². The summed E-state index contributed by atoms with van der Waals surface area (Å²) in [6, 6.07) is 9.99. The Hall–Kier alpha value is -2.95. The Bertz CT molecular complexity index is 1300. The van der Waals surface area contributed by atoms with Crippen LogP contribution in [0, 0.1) is 13.8 Å². The van der Waals surface area contributed by atoms with Gasteiger partial charge in [-0.05, 0) is 49.2 Å². The first kappa shape index (κ1) is 21.3. The predicted octanol–water partition coefficient (Wildman–Crippen LogP) is 1.87. The number of fused-ring (bicyclic) bond motifs is 1. The molecule has 2 heterocycles. The lowest BCUT2D eigenvalue weighted by Gasteiger charge is -2.26. The summed E-state index contributed by atoms with van der Waals surface area (Å²) >= 11 is 0. The van der Waals surface area contributed by atoms with Gasteiger partial charge in [0.15, 0.2) is 5.58 Å². The molecule has 1 N–H and O–H groups in total. The molecule has 31 heavy (non-hydrogen) atoms. The topological polar surface area (TPSA) is 111 Å². The quantitative estimate of drug-likeness (QED) is 0.642. The van der Waals surface area contributed by atoms with Crippen molar-refractivity contribution in [3.63, 3.8) is 0 Å². The molecule has 3 aromatic rings. The number of sulfonamides is 1. The van der Waals surface area contributed by atoms with Crippen LogP contribution in [0.25, 0.3) is 11.1 Å². The Labute approximate surface area is 179 Å². The van der Waals surface area contributed by atoms with E-state index < -0.39 is 21.7 Å². The van der Waals surface area contributed by atoms with E-state index in [4.69, 9.17) is 9.15 Å². The van der Waals surface area contributed by atoms with Crippen LogP contribution in [0.1, 0.15) is 11.1 Å². The Kier molecular flexibility index (Phi) is 5.69. The number of aromatic nitrogens is 1. The van der Waals surface area contributed by atoms with Crippen LogP contribution in [-0.2, 0) is 26.1 Å². The molecule has 1 aromatic heterocycles. The van der Waals surface area contributed by atoms with Crippen LogP contribution in [0.4, 0.5) is 5.69 Å². The molecule has 1 aliphatic rings. The van der Waals surface area contributed by atoms with Gasteiger partial charge >= 0.3 is 5.76 Å². The van der Waals surface area contributed by atoms with Crippen molar-refractivity contribution >= 4 is 32.7 Å². The van der Waals surface area contributed by atoms with Crippen LogP contribution in [0.2, 0.25) is 0 Å². The van der Waals surface area contributed by atoms with Crippen molar-refractivity contribution in [1.29, 1.82) is 0 Å². The Morgan fingerprint density at radius 3 is 2.58 bits per heavy atom. The molecule has 164 valence electrons. The van der Waals surface area contributed by atoms with E-state index in [0.29, 0.717) is 35.6 Å². The molecule has 0 spiro atoms. The average Bonchev–Trinajstić information content (AvgIpc) is 3.04.